The fourth-order valence-electron chi connectivity index (χ4n) is 2.86. The van der Waals surface area contributed by atoms with Crippen LogP contribution in [0.15, 0.2) is 12.3 Å². The SMILES string of the molecule is CNc1cc(C2CCCC2)nc(-c2cnn(C)c2C)n1. The largest absolute Gasteiger partial charge is 0.373 e. The quantitative estimate of drug-likeness (QED) is 0.932. The zero-order chi connectivity index (χ0) is 14.1. The summed E-state index contributed by atoms with van der Waals surface area (Å²) in [6.45, 7) is 2.05. The van der Waals surface area contributed by atoms with Gasteiger partial charge in [-0.05, 0) is 19.8 Å². The van der Waals surface area contributed by atoms with Crippen molar-refractivity contribution in [1.29, 1.82) is 0 Å². The Morgan fingerprint density at radius 3 is 2.60 bits per heavy atom. The van der Waals surface area contributed by atoms with E-state index in [1.807, 2.05) is 31.9 Å². The Bertz CT molecular complexity index is 611. The molecule has 20 heavy (non-hydrogen) atoms. The van der Waals surface area contributed by atoms with E-state index >= 15 is 0 Å². The van der Waals surface area contributed by atoms with Gasteiger partial charge in [-0.3, -0.25) is 4.68 Å². The predicted octanol–water partition coefficient (Wildman–Crippen LogP) is 2.88. The molecule has 2 aromatic rings. The third-order valence-electron chi connectivity index (χ3n) is 4.25. The van der Waals surface area contributed by atoms with E-state index in [9.17, 15) is 0 Å². The smallest absolute Gasteiger partial charge is 0.165 e. The van der Waals surface area contributed by atoms with Crippen molar-refractivity contribution in [1.82, 2.24) is 19.7 Å². The molecule has 0 unspecified atom stereocenters. The molecule has 2 aromatic heterocycles. The molecule has 0 bridgehead atoms. The van der Waals surface area contributed by atoms with Crippen LogP contribution in [0, 0.1) is 6.92 Å². The number of hydrogen-bond acceptors (Lipinski definition) is 4. The van der Waals surface area contributed by atoms with Gasteiger partial charge in [0.25, 0.3) is 0 Å². The van der Waals surface area contributed by atoms with Crippen LogP contribution in [0.3, 0.4) is 0 Å². The van der Waals surface area contributed by atoms with Crippen LogP contribution in [0.2, 0.25) is 0 Å². The van der Waals surface area contributed by atoms with E-state index in [2.05, 4.69) is 21.5 Å². The number of nitrogens with zero attached hydrogens (tertiary/aromatic N) is 4. The molecule has 1 aliphatic rings. The molecule has 3 rings (SSSR count). The van der Waals surface area contributed by atoms with Gasteiger partial charge in [-0.2, -0.15) is 5.10 Å². The van der Waals surface area contributed by atoms with Crippen molar-refractivity contribution >= 4 is 5.82 Å². The average molecular weight is 271 g/mol. The number of hydrogen-bond donors (Lipinski definition) is 1. The van der Waals surface area contributed by atoms with Crippen molar-refractivity contribution in [2.75, 3.05) is 12.4 Å². The van der Waals surface area contributed by atoms with Crippen LogP contribution in [0.1, 0.15) is 43.0 Å². The monoisotopic (exact) mass is 271 g/mol. The molecule has 0 saturated heterocycles. The maximum Gasteiger partial charge on any atom is 0.165 e. The fraction of sp³-hybridized carbons (Fsp3) is 0.533. The Morgan fingerprint density at radius 1 is 1.25 bits per heavy atom. The van der Waals surface area contributed by atoms with Crippen LogP contribution >= 0.6 is 0 Å². The lowest BCUT2D eigenvalue weighted by Gasteiger charge is -2.12. The summed E-state index contributed by atoms with van der Waals surface area (Å²) in [7, 11) is 3.85. The van der Waals surface area contributed by atoms with Gasteiger partial charge in [-0.25, -0.2) is 9.97 Å². The Morgan fingerprint density at radius 2 is 2.00 bits per heavy atom. The summed E-state index contributed by atoms with van der Waals surface area (Å²) < 4.78 is 1.86. The topological polar surface area (TPSA) is 55.6 Å². The van der Waals surface area contributed by atoms with Crippen LogP contribution < -0.4 is 5.32 Å². The molecule has 1 N–H and O–H groups in total. The van der Waals surface area contributed by atoms with Crippen molar-refractivity contribution < 1.29 is 0 Å². The lowest BCUT2D eigenvalue weighted by Crippen LogP contribution is -2.04. The summed E-state index contributed by atoms with van der Waals surface area (Å²) >= 11 is 0. The highest BCUT2D eigenvalue weighted by Crippen LogP contribution is 2.34. The standard InChI is InChI=1S/C15H21N5/c1-10-12(9-17-20(10)3)15-18-13(8-14(16-2)19-15)11-6-4-5-7-11/h8-9,11H,4-7H2,1-3H3,(H,16,18,19). The Labute approximate surface area is 119 Å². The predicted molar refractivity (Wildman–Crippen MR) is 79.7 cm³/mol. The Hall–Kier alpha value is -1.91. The zero-order valence-corrected chi connectivity index (χ0v) is 12.3. The molecule has 0 amide bonds. The summed E-state index contributed by atoms with van der Waals surface area (Å²) in [6, 6.07) is 2.09. The third kappa shape index (κ3) is 2.28. The van der Waals surface area contributed by atoms with E-state index in [0.29, 0.717) is 5.92 Å². The first-order valence-electron chi connectivity index (χ1n) is 7.24. The average Bonchev–Trinajstić information content (AvgIpc) is 3.10. The maximum absolute atomic E-state index is 4.80. The maximum atomic E-state index is 4.80. The minimum atomic E-state index is 0.584. The van der Waals surface area contributed by atoms with E-state index in [1.165, 1.54) is 31.4 Å². The summed E-state index contributed by atoms with van der Waals surface area (Å²) in [6.07, 6.45) is 6.95. The highest BCUT2D eigenvalue weighted by atomic mass is 15.3. The van der Waals surface area contributed by atoms with Crippen LogP contribution in [0.25, 0.3) is 11.4 Å². The Balaban J connectivity index is 2.06. The second kappa shape index (κ2) is 5.23. The van der Waals surface area contributed by atoms with E-state index < -0.39 is 0 Å². The summed E-state index contributed by atoms with van der Waals surface area (Å²) in [5.74, 6) is 2.25. The zero-order valence-electron chi connectivity index (χ0n) is 12.3. The minimum absolute atomic E-state index is 0.584. The van der Waals surface area contributed by atoms with Crippen LogP contribution in [-0.4, -0.2) is 26.8 Å². The van der Waals surface area contributed by atoms with E-state index in [4.69, 9.17) is 4.98 Å². The van der Waals surface area contributed by atoms with Gasteiger partial charge in [-0.1, -0.05) is 12.8 Å². The normalized spacial score (nSPS) is 15.8. The molecule has 0 aromatic carbocycles. The molecule has 5 heteroatoms. The second-order valence-electron chi connectivity index (χ2n) is 5.50. The van der Waals surface area contributed by atoms with E-state index in [1.54, 1.807) is 0 Å². The van der Waals surface area contributed by atoms with Gasteiger partial charge in [0.05, 0.1) is 11.8 Å². The van der Waals surface area contributed by atoms with Crippen molar-refractivity contribution in [2.45, 2.75) is 38.5 Å². The fourth-order valence-corrected chi connectivity index (χ4v) is 2.86. The van der Waals surface area contributed by atoms with E-state index in [0.717, 1.165) is 22.9 Å². The molecule has 2 heterocycles. The van der Waals surface area contributed by atoms with Gasteiger partial charge in [0.1, 0.15) is 5.82 Å². The third-order valence-corrected chi connectivity index (χ3v) is 4.25. The van der Waals surface area contributed by atoms with Crippen molar-refractivity contribution in [3.05, 3.63) is 23.7 Å². The van der Waals surface area contributed by atoms with Crippen molar-refractivity contribution in [3.63, 3.8) is 0 Å². The molecule has 0 radical (unpaired) electrons. The highest BCUT2D eigenvalue weighted by Gasteiger charge is 2.21. The summed E-state index contributed by atoms with van der Waals surface area (Å²) in [5, 5.41) is 7.44. The molecule has 1 saturated carbocycles. The molecule has 1 aliphatic carbocycles. The lowest BCUT2D eigenvalue weighted by atomic mass is 10.0. The van der Waals surface area contributed by atoms with Gasteiger partial charge in [0, 0.05) is 37.5 Å². The lowest BCUT2D eigenvalue weighted by molar-refractivity contribution is 0.695. The molecular weight excluding hydrogens is 250 g/mol. The summed E-state index contributed by atoms with van der Waals surface area (Å²) in [4.78, 5) is 9.40. The first kappa shape index (κ1) is 13.1. The number of aryl methyl sites for hydroxylation is 1. The molecule has 1 fully saturated rings. The van der Waals surface area contributed by atoms with Crippen molar-refractivity contribution in [2.24, 2.45) is 7.05 Å². The van der Waals surface area contributed by atoms with Crippen molar-refractivity contribution in [3.8, 4) is 11.4 Å². The molecular formula is C15H21N5. The van der Waals surface area contributed by atoms with Crippen LogP contribution in [0.5, 0.6) is 0 Å². The van der Waals surface area contributed by atoms with Crippen LogP contribution in [-0.2, 0) is 7.05 Å². The van der Waals surface area contributed by atoms with Crippen LogP contribution in [0.4, 0.5) is 5.82 Å². The number of rotatable bonds is 3. The number of anilines is 1. The van der Waals surface area contributed by atoms with E-state index in [-0.39, 0.29) is 0 Å². The molecule has 0 atom stereocenters. The molecule has 0 spiro atoms. The minimum Gasteiger partial charge on any atom is -0.373 e. The first-order chi connectivity index (χ1) is 9.69. The van der Waals surface area contributed by atoms with Gasteiger partial charge in [-0.15, -0.1) is 0 Å². The van der Waals surface area contributed by atoms with Gasteiger partial charge < -0.3 is 5.32 Å². The number of nitrogens with one attached hydrogen (secondary N) is 1. The Kier molecular flexibility index (Phi) is 3.42. The highest BCUT2D eigenvalue weighted by molar-refractivity contribution is 5.59. The number of aromatic nitrogens is 4. The van der Waals surface area contributed by atoms with Gasteiger partial charge >= 0.3 is 0 Å². The molecule has 0 aliphatic heterocycles. The molecule has 5 nitrogen and oxygen atoms in total. The summed E-state index contributed by atoms with van der Waals surface area (Å²) in [5.41, 5.74) is 3.28. The first-order valence-corrected chi connectivity index (χ1v) is 7.24. The van der Waals surface area contributed by atoms with Gasteiger partial charge in [0.15, 0.2) is 5.82 Å². The molecule has 106 valence electrons. The van der Waals surface area contributed by atoms with Gasteiger partial charge in [0.2, 0.25) is 0 Å². The second-order valence-corrected chi connectivity index (χ2v) is 5.50.